The van der Waals surface area contributed by atoms with Gasteiger partial charge in [0.2, 0.25) is 5.89 Å². The topological polar surface area (TPSA) is 63.3 Å². The number of aliphatic carboxylic acids is 1. The first-order chi connectivity index (χ1) is 13.8. The van der Waals surface area contributed by atoms with Gasteiger partial charge in [0.05, 0.1) is 6.20 Å². The molecule has 152 valence electrons. The highest BCUT2D eigenvalue weighted by Crippen LogP contribution is 2.40. The summed E-state index contributed by atoms with van der Waals surface area (Å²) in [6.07, 6.45) is 3.34. The Bertz CT molecular complexity index is 909. The Morgan fingerprint density at radius 1 is 1.03 bits per heavy atom. The predicted molar refractivity (Wildman–Crippen MR) is 114 cm³/mol. The molecule has 0 aliphatic carbocycles. The summed E-state index contributed by atoms with van der Waals surface area (Å²) in [5.41, 5.74) is 3.70. The van der Waals surface area contributed by atoms with Crippen LogP contribution in [0.2, 0.25) is 0 Å². The molecule has 1 N–H and O–H groups in total. The summed E-state index contributed by atoms with van der Waals surface area (Å²) in [6.45, 7) is 8.77. The van der Waals surface area contributed by atoms with Crippen molar-refractivity contribution in [3.05, 3.63) is 89.6 Å². The Morgan fingerprint density at radius 3 is 2.21 bits per heavy atom. The highest BCUT2D eigenvalue weighted by molar-refractivity contribution is 5.74. The number of carbonyl (C=O) groups is 1. The summed E-state index contributed by atoms with van der Waals surface area (Å²) in [5.74, 6) is -1.28. The first-order valence-electron chi connectivity index (χ1n) is 10.0. The van der Waals surface area contributed by atoms with E-state index in [1.54, 1.807) is 0 Å². The van der Waals surface area contributed by atoms with E-state index in [1.807, 2.05) is 18.2 Å². The molecule has 4 heteroatoms. The third-order valence-electron chi connectivity index (χ3n) is 5.67. The number of carboxylic acids is 1. The number of aromatic nitrogens is 1. The molecule has 0 fully saturated rings. The van der Waals surface area contributed by atoms with Crippen molar-refractivity contribution in [3.63, 3.8) is 0 Å². The molecule has 2 aromatic carbocycles. The number of carboxylic acid groups (broad SMARTS) is 1. The molecule has 0 aliphatic rings. The normalized spacial score (nSPS) is 14.9. The third kappa shape index (κ3) is 4.94. The molecular weight excluding hydrogens is 362 g/mol. The zero-order chi connectivity index (χ0) is 21.0. The number of rotatable bonds is 7. The number of oxazole rings is 1. The van der Waals surface area contributed by atoms with E-state index in [2.05, 4.69) is 69.1 Å². The van der Waals surface area contributed by atoms with Gasteiger partial charge in [-0.25, -0.2) is 4.98 Å². The maximum atomic E-state index is 12.0. The summed E-state index contributed by atoms with van der Waals surface area (Å²) in [7, 11) is 0. The highest BCUT2D eigenvalue weighted by atomic mass is 16.4. The Labute approximate surface area is 172 Å². The monoisotopic (exact) mass is 391 g/mol. The lowest BCUT2D eigenvalue weighted by atomic mass is 9.76. The fraction of sp³-hybridized carbons (Fsp3) is 0.360. The maximum Gasteiger partial charge on any atom is 0.315 e. The number of nitrogens with zero attached hydrogens (tertiary/aromatic N) is 1. The molecule has 3 unspecified atom stereocenters. The number of hydrogen-bond donors (Lipinski definition) is 1. The molecule has 0 amide bonds. The van der Waals surface area contributed by atoms with E-state index in [0.717, 1.165) is 5.56 Å². The van der Waals surface area contributed by atoms with Crippen molar-refractivity contribution in [2.45, 2.75) is 57.3 Å². The zero-order valence-electron chi connectivity index (χ0n) is 17.5. The van der Waals surface area contributed by atoms with Crippen molar-refractivity contribution in [1.29, 1.82) is 0 Å². The zero-order valence-corrected chi connectivity index (χ0v) is 17.5. The van der Waals surface area contributed by atoms with Crippen LogP contribution >= 0.6 is 0 Å². The molecule has 0 spiro atoms. The lowest BCUT2D eigenvalue weighted by Gasteiger charge is -2.27. The molecule has 1 heterocycles. The lowest BCUT2D eigenvalue weighted by Crippen LogP contribution is -2.19. The van der Waals surface area contributed by atoms with E-state index >= 15 is 0 Å². The summed E-state index contributed by atoms with van der Waals surface area (Å²) in [4.78, 5) is 16.1. The molecular formula is C25H29NO3. The van der Waals surface area contributed by atoms with Crippen molar-refractivity contribution in [2.75, 3.05) is 0 Å². The number of benzene rings is 2. The smallest absolute Gasteiger partial charge is 0.315 e. The van der Waals surface area contributed by atoms with Gasteiger partial charge in [-0.3, -0.25) is 4.79 Å². The second-order valence-electron chi connectivity index (χ2n) is 8.67. The van der Waals surface area contributed by atoms with Crippen LogP contribution in [0, 0.1) is 0 Å². The Morgan fingerprint density at radius 2 is 1.69 bits per heavy atom. The molecule has 0 radical (unpaired) electrons. The molecule has 3 rings (SSSR count). The van der Waals surface area contributed by atoms with Gasteiger partial charge < -0.3 is 9.52 Å². The van der Waals surface area contributed by atoms with Gasteiger partial charge in [-0.2, -0.15) is 0 Å². The molecule has 0 saturated carbocycles. The highest BCUT2D eigenvalue weighted by Gasteiger charge is 2.32. The van der Waals surface area contributed by atoms with Crippen LogP contribution in [0.5, 0.6) is 0 Å². The Kier molecular flexibility index (Phi) is 6.21. The van der Waals surface area contributed by atoms with Crippen molar-refractivity contribution in [1.82, 2.24) is 4.98 Å². The van der Waals surface area contributed by atoms with Crippen LogP contribution in [0.3, 0.4) is 0 Å². The van der Waals surface area contributed by atoms with Gasteiger partial charge in [0.1, 0.15) is 12.2 Å². The first-order valence-corrected chi connectivity index (χ1v) is 10.0. The van der Waals surface area contributed by atoms with E-state index in [9.17, 15) is 9.90 Å². The second kappa shape index (κ2) is 8.64. The average Bonchev–Trinajstić information content (AvgIpc) is 3.22. The van der Waals surface area contributed by atoms with Gasteiger partial charge in [0, 0.05) is 0 Å². The van der Waals surface area contributed by atoms with Crippen LogP contribution in [-0.2, 0) is 10.2 Å². The molecule has 3 atom stereocenters. The largest absolute Gasteiger partial charge is 0.481 e. The van der Waals surface area contributed by atoms with Crippen molar-refractivity contribution in [3.8, 4) is 0 Å². The van der Waals surface area contributed by atoms with Crippen LogP contribution in [-0.4, -0.2) is 16.1 Å². The predicted octanol–water partition coefficient (Wildman–Crippen LogP) is 6.12. The molecule has 4 nitrogen and oxygen atoms in total. The van der Waals surface area contributed by atoms with E-state index in [4.69, 9.17) is 4.42 Å². The summed E-state index contributed by atoms with van der Waals surface area (Å²) < 4.78 is 5.34. The van der Waals surface area contributed by atoms with E-state index in [1.165, 1.54) is 23.6 Å². The van der Waals surface area contributed by atoms with E-state index < -0.39 is 11.9 Å². The van der Waals surface area contributed by atoms with E-state index in [-0.39, 0.29) is 23.1 Å². The summed E-state index contributed by atoms with van der Waals surface area (Å²) in [5, 5.41) is 9.82. The molecule has 0 bridgehead atoms. The van der Waals surface area contributed by atoms with Crippen LogP contribution in [0.1, 0.15) is 74.5 Å². The van der Waals surface area contributed by atoms with Crippen molar-refractivity contribution in [2.24, 2.45) is 0 Å². The average molecular weight is 392 g/mol. The second-order valence-corrected chi connectivity index (χ2v) is 8.67. The van der Waals surface area contributed by atoms with Crippen LogP contribution < -0.4 is 0 Å². The minimum atomic E-state index is -0.913. The summed E-state index contributed by atoms with van der Waals surface area (Å²) in [6, 6.07) is 18.8. The van der Waals surface area contributed by atoms with Gasteiger partial charge in [0.25, 0.3) is 0 Å². The maximum absolute atomic E-state index is 12.0. The van der Waals surface area contributed by atoms with Gasteiger partial charge in [-0.05, 0) is 40.4 Å². The minimum absolute atomic E-state index is 0.0182. The van der Waals surface area contributed by atoms with Crippen molar-refractivity contribution >= 4 is 5.97 Å². The quantitative estimate of drug-likeness (QED) is 0.527. The van der Waals surface area contributed by atoms with Gasteiger partial charge in [-0.1, -0.05) is 82.3 Å². The number of hydrogen-bond acceptors (Lipinski definition) is 3. The van der Waals surface area contributed by atoms with E-state index in [0.29, 0.717) is 6.42 Å². The molecule has 29 heavy (non-hydrogen) atoms. The van der Waals surface area contributed by atoms with Crippen LogP contribution in [0.15, 0.2) is 71.5 Å². The fourth-order valence-corrected chi connectivity index (χ4v) is 3.82. The SMILES string of the molecule is CC(c1ccc(C(C)(C)C)cc1)C(CC(C(=O)O)c1ncco1)c1ccccc1. The van der Waals surface area contributed by atoms with Crippen LogP contribution in [0.4, 0.5) is 0 Å². The Balaban J connectivity index is 1.94. The van der Waals surface area contributed by atoms with Crippen LogP contribution in [0.25, 0.3) is 0 Å². The lowest BCUT2D eigenvalue weighted by molar-refractivity contribution is -0.139. The molecule has 0 aliphatic heterocycles. The van der Waals surface area contributed by atoms with Gasteiger partial charge >= 0.3 is 5.97 Å². The fourth-order valence-electron chi connectivity index (χ4n) is 3.82. The third-order valence-corrected chi connectivity index (χ3v) is 5.67. The Hall–Kier alpha value is -2.88. The minimum Gasteiger partial charge on any atom is -0.481 e. The summed E-state index contributed by atoms with van der Waals surface area (Å²) >= 11 is 0. The molecule has 3 aromatic rings. The standard InChI is InChI=1S/C25H29NO3/c1-17(18-10-12-20(13-11-18)25(2,3)4)21(19-8-6-5-7-9-19)16-22(24(27)28)23-26-14-15-29-23/h5-15,17,21-22H,16H2,1-4H3,(H,27,28). The molecule has 1 aromatic heterocycles. The van der Waals surface area contributed by atoms with Crippen molar-refractivity contribution < 1.29 is 14.3 Å². The van der Waals surface area contributed by atoms with Gasteiger partial charge in [0.15, 0.2) is 0 Å². The first kappa shape index (κ1) is 20.8. The molecule has 0 saturated heterocycles. The van der Waals surface area contributed by atoms with Gasteiger partial charge in [-0.15, -0.1) is 0 Å².